The number of hydrogen-bond donors (Lipinski definition) is 1. The lowest BCUT2D eigenvalue weighted by atomic mass is 10.1. The summed E-state index contributed by atoms with van der Waals surface area (Å²) in [5, 5.41) is 0. The first-order valence-electron chi connectivity index (χ1n) is 5.42. The van der Waals surface area contributed by atoms with E-state index in [1.165, 1.54) is 11.3 Å². The van der Waals surface area contributed by atoms with Crippen LogP contribution >= 0.6 is 12.2 Å². The van der Waals surface area contributed by atoms with Gasteiger partial charge < -0.3 is 9.55 Å². The molecule has 0 bridgehead atoms. The molecule has 2 rings (SSSR count). The lowest BCUT2D eigenvalue weighted by molar-refractivity contribution is 0.603. The second-order valence-electron chi connectivity index (χ2n) is 3.77. The molecule has 2 heterocycles. The molecule has 0 fully saturated rings. The summed E-state index contributed by atoms with van der Waals surface area (Å²) in [5.74, 6) is 0. The third-order valence-electron chi connectivity index (χ3n) is 2.83. The van der Waals surface area contributed by atoms with Gasteiger partial charge in [-0.3, -0.25) is 4.98 Å². The van der Waals surface area contributed by atoms with Gasteiger partial charge in [-0.25, -0.2) is 0 Å². The van der Waals surface area contributed by atoms with Crippen LogP contribution in [0.2, 0.25) is 0 Å². The Morgan fingerprint density at radius 1 is 1.44 bits per heavy atom. The van der Waals surface area contributed by atoms with Crippen LogP contribution in [0.4, 0.5) is 0 Å². The van der Waals surface area contributed by atoms with Crippen LogP contribution in [0.1, 0.15) is 31.1 Å². The van der Waals surface area contributed by atoms with E-state index in [1.807, 2.05) is 30.7 Å². The Kier molecular flexibility index (Phi) is 3.19. The number of aryl methyl sites for hydroxylation is 1. The van der Waals surface area contributed by atoms with Gasteiger partial charge in [0.1, 0.15) is 0 Å². The zero-order valence-corrected chi connectivity index (χ0v) is 10.3. The quantitative estimate of drug-likeness (QED) is 0.826. The second-order valence-corrected chi connectivity index (χ2v) is 4.15. The zero-order chi connectivity index (χ0) is 11.5. The fourth-order valence-electron chi connectivity index (χ4n) is 1.90. The predicted molar refractivity (Wildman–Crippen MR) is 67.0 cm³/mol. The Labute approximate surface area is 100 Å². The molecular formula is C12H15N3S. The largest absolute Gasteiger partial charge is 0.337 e. The molecule has 4 heteroatoms. The minimum atomic E-state index is 0.247. The molecule has 84 valence electrons. The number of hydrogen-bond acceptors (Lipinski definition) is 2. The van der Waals surface area contributed by atoms with Crippen molar-refractivity contribution in [1.82, 2.24) is 14.5 Å². The topological polar surface area (TPSA) is 33.6 Å². The van der Waals surface area contributed by atoms with E-state index in [1.54, 1.807) is 0 Å². The standard InChI is InChI=1S/C12H15N3S/c1-3-11-8-14-12(16)15(11)9(2)10-4-6-13-7-5-10/h4-9H,3H2,1-2H3,(H,14,16). The van der Waals surface area contributed by atoms with E-state index in [2.05, 4.69) is 28.4 Å². The minimum absolute atomic E-state index is 0.247. The molecule has 1 N–H and O–H groups in total. The summed E-state index contributed by atoms with van der Waals surface area (Å²) in [6, 6.07) is 4.30. The molecule has 0 aromatic carbocycles. The van der Waals surface area contributed by atoms with Gasteiger partial charge in [0.05, 0.1) is 6.04 Å². The van der Waals surface area contributed by atoms with Crippen molar-refractivity contribution in [3.63, 3.8) is 0 Å². The van der Waals surface area contributed by atoms with Crippen LogP contribution in [0, 0.1) is 4.77 Å². The Hall–Kier alpha value is -1.42. The SMILES string of the molecule is CCc1c[nH]c(=S)n1C(C)c1ccncc1. The molecule has 0 aliphatic carbocycles. The lowest BCUT2D eigenvalue weighted by Gasteiger charge is -2.16. The van der Waals surface area contributed by atoms with Crippen LogP contribution in [0.3, 0.4) is 0 Å². The molecule has 0 amide bonds. The highest BCUT2D eigenvalue weighted by Crippen LogP contribution is 2.19. The van der Waals surface area contributed by atoms with E-state index >= 15 is 0 Å². The Balaban J connectivity index is 2.45. The molecular weight excluding hydrogens is 218 g/mol. The zero-order valence-electron chi connectivity index (χ0n) is 9.47. The van der Waals surface area contributed by atoms with Gasteiger partial charge in [0, 0.05) is 24.3 Å². The summed E-state index contributed by atoms with van der Waals surface area (Å²) in [6.45, 7) is 4.28. The predicted octanol–water partition coefficient (Wildman–Crippen LogP) is 3.11. The van der Waals surface area contributed by atoms with Gasteiger partial charge in [-0.2, -0.15) is 0 Å². The summed E-state index contributed by atoms with van der Waals surface area (Å²) in [4.78, 5) is 7.13. The van der Waals surface area contributed by atoms with Crippen LogP contribution in [-0.2, 0) is 6.42 Å². The van der Waals surface area contributed by atoms with Crippen LogP contribution < -0.4 is 0 Å². The maximum absolute atomic E-state index is 5.31. The highest BCUT2D eigenvalue weighted by molar-refractivity contribution is 7.71. The van der Waals surface area contributed by atoms with Crippen LogP contribution in [0.15, 0.2) is 30.7 Å². The maximum Gasteiger partial charge on any atom is 0.177 e. The third kappa shape index (κ3) is 1.93. The molecule has 16 heavy (non-hydrogen) atoms. The normalized spacial score (nSPS) is 12.6. The number of rotatable bonds is 3. The monoisotopic (exact) mass is 233 g/mol. The van der Waals surface area contributed by atoms with Crippen molar-refractivity contribution in [3.05, 3.63) is 46.8 Å². The second kappa shape index (κ2) is 4.61. The fraction of sp³-hybridized carbons (Fsp3) is 0.333. The Bertz CT molecular complexity index is 513. The van der Waals surface area contributed by atoms with Crippen LogP contribution in [0.5, 0.6) is 0 Å². The van der Waals surface area contributed by atoms with E-state index < -0.39 is 0 Å². The number of pyridine rings is 1. The van der Waals surface area contributed by atoms with Gasteiger partial charge in [0.2, 0.25) is 0 Å². The van der Waals surface area contributed by atoms with Crippen molar-refractivity contribution in [2.45, 2.75) is 26.3 Å². The van der Waals surface area contributed by atoms with E-state index in [4.69, 9.17) is 12.2 Å². The van der Waals surface area contributed by atoms with Crippen molar-refractivity contribution >= 4 is 12.2 Å². The van der Waals surface area contributed by atoms with Gasteiger partial charge in [-0.1, -0.05) is 6.92 Å². The first kappa shape index (κ1) is 11.1. The van der Waals surface area contributed by atoms with E-state index in [0.717, 1.165) is 11.2 Å². The third-order valence-corrected chi connectivity index (χ3v) is 3.14. The minimum Gasteiger partial charge on any atom is -0.337 e. The van der Waals surface area contributed by atoms with Gasteiger partial charge in [-0.15, -0.1) is 0 Å². The van der Waals surface area contributed by atoms with E-state index in [0.29, 0.717) is 0 Å². The van der Waals surface area contributed by atoms with Gasteiger partial charge in [-0.05, 0) is 43.3 Å². The first-order chi connectivity index (χ1) is 7.74. The summed E-state index contributed by atoms with van der Waals surface area (Å²) in [6.07, 6.45) is 6.59. The number of aromatic amines is 1. The molecule has 0 saturated carbocycles. The molecule has 2 aromatic heterocycles. The molecule has 0 spiro atoms. The molecule has 0 radical (unpaired) electrons. The van der Waals surface area contributed by atoms with Crippen molar-refractivity contribution in [1.29, 1.82) is 0 Å². The van der Waals surface area contributed by atoms with Crippen LogP contribution in [0.25, 0.3) is 0 Å². The lowest BCUT2D eigenvalue weighted by Crippen LogP contribution is -2.09. The van der Waals surface area contributed by atoms with E-state index in [9.17, 15) is 0 Å². The number of nitrogens with zero attached hydrogens (tertiary/aromatic N) is 2. The van der Waals surface area contributed by atoms with Crippen molar-refractivity contribution < 1.29 is 0 Å². The number of nitrogens with one attached hydrogen (secondary N) is 1. The summed E-state index contributed by atoms with van der Waals surface area (Å²) >= 11 is 5.31. The summed E-state index contributed by atoms with van der Waals surface area (Å²) in [5.41, 5.74) is 2.45. The van der Waals surface area contributed by atoms with Crippen LogP contribution in [-0.4, -0.2) is 14.5 Å². The Morgan fingerprint density at radius 3 is 2.75 bits per heavy atom. The molecule has 0 saturated heterocycles. The molecule has 3 nitrogen and oxygen atoms in total. The van der Waals surface area contributed by atoms with Crippen molar-refractivity contribution in [3.8, 4) is 0 Å². The summed E-state index contributed by atoms with van der Waals surface area (Å²) in [7, 11) is 0. The van der Waals surface area contributed by atoms with Crippen molar-refractivity contribution in [2.75, 3.05) is 0 Å². The molecule has 1 unspecified atom stereocenters. The average Bonchev–Trinajstić information content (AvgIpc) is 2.70. The van der Waals surface area contributed by atoms with E-state index in [-0.39, 0.29) is 6.04 Å². The first-order valence-corrected chi connectivity index (χ1v) is 5.83. The van der Waals surface area contributed by atoms with Gasteiger partial charge in [0.25, 0.3) is 0 Å². The highest BCUT2D eigenvalue weighted by atomic mass is 32.1. The number of aromatic nitrogens is 3. The maximum atomic E-state index is 5.31. The molecule has 1 atom stereocenters. The number of H-pyrrole nitrogens is 1. The van der Waals surface area contributed by atoms with Gasteiger partial charge in [0.15, 0.2) is 4.77 Å². The fourth-order valence-corrected chi connectivity index (χ4v) is 2.24. The molecule has 0 aliphatic rings. The van der Waals surface area contributed by atoms with Crippen molar-refractivity contribution in [2.24, 2.45) is 0 Å². The summed E-state index contributed by atoms with van der Waals surface area (Å²) < 4.78 is 2.94. The van der Waals surface area contributed by atoms with Gasteiger partial charge >= 0.3 is 0 Å². The smallest absolute Gasteiger partial charge is 0.177 e. The molecule has 0 aliphatic heterocycles. The number of imidazole rings is 1. The Morgan fingerprint density at radius 2 is 2.12 bits per heavy atom. The highest BCUT2D eigenvalue weighted by Gasteiger charge is 2.11. The molecule has 2 aromatic rings. The average molecular weight is 233 g/mol.